The largest absolute Gasteiger partial charge is 0.490 e. The molecular formula is C16H26N2O3. The first-order chi connectivity index (χ1) is 10.3. The maximum Gasteiger partial charge on any atom is 0.161 e. The molecule has 1 atom stereocenters. The molecule has 1 aromatic carbocycles. The highest BCUT2D eigenvalue weighted by atomic mass is 16.5. The monoisotopic (exact) mass is 294 g/mol. The standard InChI is InChI=1S/C16H26N2O3/c1-3-18(7-10-19-2)14(12-17)13-5-6-15-16(11-13)21-9-4-8-20-15/h5-6,11,14H,3-4,7-10,12,17H2,1-2H3. The van der Waals surface area contributed by atoms with Gasteiger partial charge in [0.15, 0.2) is 11.5 Å². The number of nitrogens with two attached hydrogens (primary N) is 1. The van der Waals surface area contributed by atoms with E-state index in [0.29, 0.717) is 26.4 Å². The van der Waals surface area contributed by atoms with Gasteiger partial charge in [-0.3, -0.25) is 4.90 Å². The first-order valence-electron chi connectivity index (χ1n) is 7.62. The lowest BCUT2D eigenvalue weighted by molar-refractivity contribution is 0.125. The summed E-state index contributed by atoms with van der Waals surface area (Å²) < 4.78 is 16.6. The van der Waals surface area contributed by atoms with Crippen molar-refractivity contribution in [1.82, 2.24) is 4.90 Å². The van der Waals surface area contributed by atoms with E-state index < -0.39 is 0 Å². The zero-order valence-electron chi connectivity index (χ0n) is 13.0. The van der Waals surface area contributed by atoms with Gasteiger partial charge in [0.25, 0.3) is 0 Å². The van der Waals surface area contributed by atoms with Crippen molar-refractivity contribution in [1.29, 1.82) is 0 Å². The Morgan fingerprint density at radius 1 is 1.29 bits per heavy atom. The molecule has 5 heteroatoms. The Hall–Kier alpha value is -1.30. The van der Waals surface area contributed by atoms with E-state index >= 15 is 0 Å². The van der Waals surface area contributed by atoms with E-state index in [1.807, 2.05) is 6.07 Å². The van der Waals surface area contributed by atoms with Crippen LogP contribution in [0.15, 0.2) is 18.2 Å². The SMILES string of the molecule is CCN(CCOC)C(CN)c1ccc2c(c1)OCCCO2. The van der Waals surface area contributed by atoms with Crippen molar-refractivity contribution in [2.45, 2.75) is 19.4 Å². The van der Waals surface area contributed by atoms with Gasteiger partial charge in [0.05, 0.1) is 19.8 Å². The second-order valence-electron chi connectivity index (χ2n) is 5.13. The zero-order valence-corrected chi connectivity index (χ0v) is 13.0. The van der Waals surface area contributed by atoms with E-state index in [4.69, 9.17) is 19.9 Å². The molecule has 2 rings (SSSR count). The Labute approximate surface area is 127 Å². The summed E-state index contributed by atoms with van der Waals surface area (Å²) in [6.45, 7) is 6.61. The van der Waals surface area contributed by atoms with Gasteiger partial charge < -0.3 is 19.9 Å². The molecule has 2 N–H and O–H groups in total. The van der Waals surface area contributed by atoms with Crippen LogP contribution in [0.2, 0.25) is 0 Å². The molecular weight excluding hydrogens is 268 g/mol. The third-order valence-corrected chi connectivity index (χ3v) is 3.81. The molecule has 1 aromatic rings. The van der Waals surface area contributed by atoms with Gasteiger partial charge in [0, 0.05) is 32.7 Å². The second-order valence-corrected chi connectivity index (χ2v) is 5.13. The summed E-state index contributed by atoms with van der Waals surface area (Å²) in [5.41, 5.74) is 7.17. The predicted octanol–water partition coefficient (Wildman–Crippen LogP) is 1.82. The fourth-order valence-electron chi connectivity index (χ4n) is 2.63. The number of methoxy groups -OCH3 is 1. The first kappa shape index (κ1) is 16.1. The molecule has 0 radical (unpaired) electrons. The van der Waals surface area contributed by atoms with Crippen LogP contribution in [0.5, 0.6) is 11.5 Å². The fourth-order valence-corrected chi connectivity index (χ4v) is 2.63. The minimum absolute atomic E-state index is 0.169. The van der Waals surface area contributed by atoms with Crippen LogP contribution in [0, 0.1) is 0 Å². The third kappa shape index (κ3) is 4.09. The molecule has 0 spiro atoms. The summed E-state index contributed by atoms with van der Waals surface area (Å²) in [4.78, 5) is 2.32. The molecule has 0 aliphatic carbocycles. The number of fused-ring (bicyclic) bond motifs is 1. The van der Waals surface area contributed by atoms with E-state index in [-0.39, 0.29) is 6.04 Å². The number of hydrogen-bond donors (Lipinski definition) is 1. The molecule has 1 aliphatic heterocycles. The van der Waals surface area contributed by atoms with E-state index in [1.165, 1.54) is 5.56 Å². The van der Waals surface area contributed by atoms with Crippen molar-refractivity contribution in [2.24, 2.45) is 5.73 Å². The number of nitrogens with zero attached hydrogens (tertiary/aromatic N) is 1. The first-order valence-corrected chi connectivity index (χ1v) is 7.62. The van der Waals surface area contributed by atoms with Crippen molar-refractivity contribution in [2.75, 3.05) is 46.6 Å². The number of rotatable bonds is 7. The van der Waals surface area contributed by atoms with E-state index in [0.717, 1.165) is 31.0 Å². The fraction of sp³-hybridized carbons (Fsp3) is 0.625. The third-order valence-electron chi connectivity index (χ3n) is 3.81. The number of hydrogen-bond acceptors (Lipinski definition) is 5. The molecule has 0 amide bonds. The summed E-state index contributed by atoms with van der Waals surface area (Å²) in [6, 6.07) is 6.30. The highest BCUT2D eigenvalue weighted by molar-refractivity contribution is 5.44. The van der Waals surface area contributed by atoms with Crippen molar-refractivity contribution in [3.63, 3.8) is 0 Å². The summed E-state index contributed by atoms with van der Waals surface area (Å²) >= 11 is 0. The van der Waals surface area contributed by atoms with Gasteiger partial charge in [0.2, 0.25) is 0 Å². The second kappa shape index (κ2) is 8.22. The van der Waals surface area contributed by atoms with Crippen LogP contribution in [0.25, 0.3) is 0 Å². The van der Waals surface area contributed by atoms with E-state index in [1.54, 1.807) is 7.11 Å². The van der Waals surface area contributed by atoms with E-state index in [2.05, 4.69) is 24.0 Å². The molecule has 1 unspecified atom stereocenters. The Balaban J connectivity index is 2.19. The van der Waals surface area contributed by atoms with Crippen LogP contribution in [-0.2, 0) is 4.74 Å². The van der Waals surface area contributed by atoms with E-state index in [9.17, 15) is 0 Å². The smallest absolute Gasteiger partial charge is 0.161 e. The normalized spacial score (nSPS) is 15.8. The lowest BCUT2D eigenvalue weighted by atomic mass is 10.0. The van der Waals surface area contributed by atoms with Crippen molar-refractivity contribution in [3.05, 3.63) is 23.8 Å². The minimum atomic E-state index is 0.169. The Kier molecular flexibility index (Phi) is 6.29. The maximum atomic E-state index is 6.01. The Morgan fingerprint density at radius 3 is 2.71 bits per heavy atom. The highest BCUT2D eigenvalue weighted by Gasteiger charge is 2.20. The molecule has 118 valence electrons. The topological polar surface area (TPSA) is 57.0 Å². The van der Waals surface area contributed by atoms with Crippen molar-refractivity contribution in [3.8, 4) is 11.5 Å². The number of benzene rings is 1. The van der Waals surface area contributed by atoms with Gasteiger partial charge in [-0.15, -0.1) is 0 Å². The van der Waals surface area contributed by atoms with Crippen LogP contribution < -0.4 is 15.2 Å². The average Bonchev–Trinajstić information content (AvgIpc) is 2.76. The Morgan fingerprint density at radius 2 is 2.05 bits per heavy atom. The summed E-state index contributed by atoms with van der Waals surface area (Å²) in [6.07, 6.45) is 0.916. The molecule has 1 heterocycles. The van der Waals surface area contributed by atoms with Gasteiger partial charge in [0.1, 0.15) is 0 Å². The summed E-state index contributed by atoms with van der Waals surface area (Å²) in [5, 5.41) is 0. The van der Waals surface area contributed by atoms with Crippen LogP contribution in [0.1, 0.15) is 24.9 Å². The minimum Gasteiger partial charge on any atom is -0.490 e. The predicted molar refractivity (Wildman–Crippen MR) is 83.0 cm³/mol. The zero-order chi connectivity index (χ0) is 15.1. The summed E-state index contributed by atoms with van der Waals surface area (Å²) in [5.74, 6) is 1.65. The summed E-state index contributed by atoms with van der Waals surface area (Å²) in [7, 11) is 1.72. The lowest BCUT2D eigenvalue weighted by Crippen LogP contribution is -2.36. The van der Waals surface area contributed by atoms with Crippen molar-refractivity contribution >= 4 is 0 Å². The average molecular weight is 294 g/mol. The number of ether oxygens (including phenoxy) is 3. The highest BCUT2D eigenvalue weighted by Crippen LogP contribution is 2.33. The molecule has 0 fully saturated rings. The van der Waals surface area contributed by atoms with Gasteiger partial charge >= 0.3 is 0 Å². The molecule has 21 heavy (non-hydrogen) atoms. The molecule has 0 saturated carbocycles. The maximum absolute atomic E-state index is 6.01. The Bertz CT molecular complexity index is 440. The molecule has 0 bridgehead atoms. The molecule has 0 aromatic heterocycles. The van der Waals surface area contributed by atoms with Crippen LogP contribution in [-0.4, -0.2) is 51.5 Å². The van der Waals surface area contributed by atoms with Crippen molar-refractivity contribution < 1.29 is 14.2 Å². The van der Waals surface area contributed by atoms with Crippen LogP contribution >= 0.6 is 0 Å². The van der Waals surface area contributed by atoms with Gasteiger partial charge in [-0.1, -0.05) is 13.0 Å². The lowest BCUT2D eigenvalue weighted by Gasteiger charge is -2.30. The molecule has 0 saturated heterocycles. The van der Waals surface area contributed by atoms with Gasteiger partial charge in [-0.05, 0) is 24.2 Å². The van der Waals surface area contributed by atoms with Gasteiger partial charge in [-0.2, -0.15) is 0 Å². The number of likely N-dealkylation sites (N-methyl/N-ethyl adjacent to an activating group) is 1. The quantitative estimate of drug-likeness (QED) is 0.831. The van der Waals surface area contributed by atoms with Gasteiger partial charge in [-0.25, -0.2) is 0 Å². The van der Waals surface area contributed by atoms with Crippen LogP contribution in [0.3, 0.4) is 0 Å². The molecule has 5 nitrogen and oxygen atoms in total. The van der Waals surface area contributed by atoms with Crippen LogP contribution in [0.4, 0.5) is 0 Å². The molecule has 1 aliphatic rings.